The zero-order valence-corrected chi connectivity index (χ0v) is 20.9. The van der Waals surface area contributed by atoms with Gasteiger partial charge >= 0.3 is 17.9 Å². The van der Waals surface area contributed by atoms with Gasteiger partial charge in [0.1, 0.15) is 0 Å². The van der Waals surface area contributed by atoms with Crippen LogP contribution in [0.3, 0.4) is 0 Å². The molecule has 33 heavy (non-hydrogen) atoms. The third kappa shape index (κ3) is 10.1. The largest absolute Gasteiger partial charge is 0.458 e. The number of ketones is 1. The van der Waals surface area contributed by atoms with Gasteiger partial charge in [-0.3, -0.25) is 19.2 Å². The van der Waals surface area contributed by atoms with Crippen molar-refractivity contribution < 1.29 is 33.4 Å². The highest BCUT2D eigenvalue weighted by molar-refractivity contribution is 6.03. The van der Waals surface area contributed by atoms with E-state index in [4.69, 9.17) is 14.2 Å². The Morgan fingerprint density at radius 3 is 1.79 bits per heavy atom. The molecule has 1 aliphatic carbocycles. The Morgan fingerprint density at radius 1 is 0.818 bits per heavy atom. The predicted octanol–water partition coefficient (Wildman–Crippen LogP) is 5.38. The van der Waals surface area contributed by atoms with E-state index < -0.39 is 41.5 Å². The average Bonchev–Trinajstić information content (AvgIpc) is 3.02. The minimum Gasteiger partial charge on any atom is -0.458 e. The van der Waals surface area contributed by atoms with Crippen LogP contribution in [0, 0.1) is 0 Å². The maximum absolute atomic E-state index is 12.8. The van der Waals surface area contributed by atoms with Crippen molar-refractivity contribution in [3.63, 3.8) is 0 Å². The molecule has 0 heterocycles. The molecule has 0 saturated carbocycles. The summed E-state index contributed by atoms with van der Waals surface area (Å²) < 4.78 is 16.2. The van der Waals surface area contributed by atoms with E-state index in [1.165, 1.54) is 84.3 Å². The highest BCUT2D eigenvalue weighted by Crippen LogP contribution is 2.36. The Balaban J connectivity index is 2.59. The van der Waals surface area contributed by atoms with Crippen LogP contribution in [0.1, 0.15) is 111 Å². The van der Waals surface area contributed by atoms with E-state index in [2.05, 4.69) is 6.92 Å². The number of hydrogen-bond donors (Lipinski definition) is 0. The smallest absolute Gasteiger partial charge is 0.303 e. The summed E-state index contributed by atoms with van der Waals surface area (Å²) in [5.41, 5.74) is -1.87. The van der Waals surface area contributed by atoms with Gasteiger partial charge in [0.15, 0.2) is 12.2 Å². The van der Waals surface area contributed by atoms with Crippen molar-refractivity contribution >= 4 is 23.7 Å². The van der Waals surface area contributed by atoms with Crippen molar-refractivity contribution in [1.82, 2.24) is 0 Å². The van der Waals surface area contributed by atoms with Crippen LogP contribution in [0.4, 0.5) is 0 Å². The lowest BCUT2D eigenvalue weighted by molar-refractivity contribution is -0.203. The molecule has 1 rings (SSSR count). The Morgan fingerprint density at radius 2 is 1.33 bits per heavy atom. The van der Waals surface area contributed by atoms with Crippen LogP contribution in [-0.2, 0) is 33.4 Å². The van der Waals surface area contributed by atoms with Crippen molar-refractivity contribution in [2.24, 2.45) is 0 Å². The lowest BCUT2D eigenvalue weighted by Gasteiger charge is -2.38. The molecule has 7 nitrogen and oxygen atoms in total. The molecular weight excluding hydrogens is 424 g/mol. The van der Waals surface area contributed by atoms with Gasteiger partial charge in [-0.05, 0) is 25.0 Å². The molecule has 0 bridgehead atoms. The number of carbonyl (C=O) groups is 4. The van der Waals surface area contributed by atoms with Crippen LogP contribution in [0.5, 0.6) is 0 Å². The van der Waals surface area contributed by atoms with Crippen LogP contribution in [-0.4, -0.2) is 41.5 Å². The summed E-state index contributed by atoms with van der Waals surface area (Å²) in [5, 5.41) is 0. The van der Waals surface area contributed by atoms with E-state index in [9.17, 15) is 19.2 Å². The fourth-order valence-electron chi connectivity index (χ4n) is 4.38. The van der Waals surface area contributed by atoms with Gasteiger partial charge in [0.05, 0.1) is 0 Å². The molecule has 0 radical (unpaired) electrons. The molecule has 188 valence electrons. The molecule has 0 aromatic heterocycles. The molecular formula is C26H42O7. The normalized spacial score (nSPS) is 20.5. The van der Waals surface area contributed by atoms with Gasteiger partial charge in [0, 0.05) is 20.8 Å². The van der Waals surface area contributed by atoms with Gasteiger partial charge in [-0.25, -0.2) is 0 Å². The lowest BCUT2D eigenvalue weighted by Crippen LogP contribution is -2.59. The molecule has 3 atom stereocenters. The Hall–Kier alpha value is -2.18. The molecule has 1 unspecified atom stereocenters. The van der Waals surface area contributed by atoms with Gasteiger partial charge in [0.25, 0.3) is 0 Å². The van der Waals surface area contributed by atoms with E-state index in [0.29, 0.717) is 12.8 Å². The molecule has 0 spiro atoms. The predicted molar refractivity (Wildman–Crippen MR) is 125 cm³/mol. The highest BCUT2D eigenvalue weighted by Gasteiger charge is 2.59. The summed E-state index contributed by atoms with van der Waals surface area (Å²) in [6, 6.07) is 0. The minimum absolute atomic E-state index is 0.329. The van der Waals surface area contributed by atoms with Crippen LogP contribution in [0.25, 0.3) is 0 Å². The molecule has 0 fully saturated rings. The van der Waals surface area contributed by atoms with Crippen LogP contribution in [0.15, 0.2) is 12.2 Å². The van der Waals surface area contributed by atoms with Crippen LogP contribution < -0.4 is 0 Å². The van der Waals surface area contributed by atoms with Crippen LogP contribution >= 0.6 is 0 Å². The molecule has 7 heteroatoms. The Kier molecular flexibility index (Phi) is 13.7. The second-order valence-electron chi connectivity index (χ2n) is 8.92. The zero-order valence-electron chi connectivity index (χ0n) is 20.9. The standard InChI is InChI=1S/C26H42O7/c1-5-6-7-8-9-10-11-12-13-14-15-16-17-24(31-20(2)27)26(33-22(4)29)23(30)18-19-25(26)32-21(3)28/h18-19,24-25H,5-17H2,1-4H3/t24?,25-,26-/m0/s1. The number of esters is 3. The number of unbranched alkanes of at least 4 members (excludes halogenated alkanes) is 11. The first-order valence-corrected chi connectivity index (χ1v) is 12.5. The summed E-state index contributed by atoms with van der Waals surface area (Å²) in [6.45, 7) is 5.85. The molecule has 0 aromatic rings. The highest BCUT2D eigenvalue weighted by atomic mass is 16.6. The summed E-state index contributed by atoms with van der Waals surface area (Å²) in [5.74, 6) is -2.47. The van der Waals surface area contributed by atoms with E-state index in [1.807, 2.05) is 0 Å². The first-order valence-electron chi connectivity index (χ1n) is 12.5. The number of rotatable bonds is 17. The quantitative estimate of drug-likeness (QED) is 0.161. The first-order chi connectivity index (χ1) is 15.7. The van der Waals surface area contributed by atoms with Gasteiger partial charge in [-0.1, -0.05) is 77.6 Å². The van der Waals surface area contributed by atoms with Gasteiger partial charge in [-0.15, -0.1) is 0 Å². The van der Waals surface area contributed by atoms with Gasteiger partial charge < -0.3 is 14.2 Å². The number of hydrogen-bond acceptors (Lipinski definition) is 7. The second kappa shape index (κ2) is 15.6. The third-order valence-electron chi connectivity index (χ3n) is 5.94. The maximum atomic E-state index is 12.8. The molecule has 0 saturated heterocycles. The fraction of sp³-hybridized carbons (Fsp3) is 0.769. The summed E-state index contributed by atoms with van der Waals surface area (Å²) in [7, 11) is 0. The van der Waals surface area contributed by atoms with E-state index >= 15 is 0 Å². The molecule has 0 aliphatic heterocycles. The van der Waals surface area contributed by atoms with Crippen molar-refractivity contribution in [3.8, 4) is 0 Å². The molecule has 0 aromatic carbocycles. The van der Waals surface area contributed by atoms with Gasteiger partial charge in [-0.2, -0.15) is 0 Å². The monoisotopic (exact) mass is 466 g/mol. The second-order valence-corrected chi connectivity index (χ2v) is 8.92. The van der Waals surface area contributed by atoms with E-state index in [-0.39, 0.29) is 0 Å². The summed E-state index contributed by atoms with van der Waals surface area (Å²) in [4.78, 5) is 48.1. The first kappa shape index (κ1) is 28.9. The Bertz CT molecular complexity index is 670. The van der Waals surface area contributed by atoms with Gasteiger partial charge in [0.2, 0.25) is 11.4 Å². The van der Waals surface area contributed by atoms with Crippen LogP contribution in [0.2, 0.25) is 0 Å². The fourth-order valence-corrected chi connectivity index (χ4v) is 4.38. The summed E-state index contributed by atoms with van der Waals surface area (Å²) in [6.07, 6.45) is 14.9. The molecule has 1 aliphatic rings. The number of carbonyl (C=O) groups excluding carboxylic acids is 4. The Labute approximate surface area is 198 Å². The van der Waals surface area contributed by atoms with Crippen molar-refractivity contribution in [2.75, 3.05) is 0 Å². The minimum atomic E-state index is -1.87. The lowest BCUT2D eigenvalue weighted by atomic mass is 9.86. The summed E-state index contributed by atoms with van der Waals surface area (Å²) >= 11 is 0. The third-order valence-corrected chi connectivity index (χ3v) is 5.94. The maximum Gasteiger partial charge on any atom is 0.303 e. The van der Waals surface area contributed by atoms with E-state index in [0.717, 1.165) is 19.3 Å². The topological polar surface area (TPSA) is 96.0 Å². The van der Waals surface area contributed by atoms with Crippen molar-refractivity contribution in [2.45, 2.75) is 129 Å². The SMILES string of the molecule is CCCCCCCCCCCCCCC(OC(C)=O)[C@@]1(OC(C)=O)C(=O)C=C[C@@H]1OC(C)=O. The number of ether oxygens (including phenoxy) is 3. The van der Waals surface area contributed by atoms with Crippen molar-refractivity contribution in [3.05, 3.63) is 12.2 Å². The van der Waals surface area contributed by atoms with Crippen molar-refractivity contribution in [1.29, 1.82) is 0 Å². The molecule has 0 N–H and O–H groups in total. The zero-order chi connectivity index (χ0) is 24.7. The molecule has 0 amide bonds. The van der Waals surface area contributed by atoms with E-state index in [1.54, 1.807) is 0 Å². The average molecular weight is 467 g/mol.